The van der Waals surface area contributed by atoms with Crippen molar-refractivity contribution in [1.82, 2.24) is 10.2 Å². The van der Waals surface area contributed by atoms with E-state index in [0.717, 1.165) is 19.6 Å². The minimum Gasteiger partial charge on any atom is -0.312 e. The van der Waals surface area contributed by atoms with Crippen LogP contribution in [-0.2, 0) is 13.1 Å². The Bertz CT molecular complexity index is 373. The summed E-state index contributed by atoms with van der Waals surface area (Å²) in [5.74, 6) is 0.708. The van der Waals surface area contributed by atoms with Gasteiger partial charge in [0.2, 0.25) is 0 Å². The van der Waals surface area contributed by atoms with Gasteiger partial charge in [0.25, 0.3) is 0 Å². The lowest BCUT2D eigenvalue weighted by molar-refractivity contribution is 0.237. The molecule has 1 atom stereocenters. The molecule has 1 aromatic carbocycles. The third kappa shape index (κ3) is 6.53. The Morgan fingerprint density at radius 3 is 2.50 bits per heavy atom. The number of hydrogen-bond donors (Lipinski definition) is 1. The maximum Gasteiger partial charge on any atom is 0.0233 e. The van der Waals surface area contributed by atoms with E-state index in [0.29, 0.717) is 12.0 Å². The fourth-order valence-corrected chi connectivity index (χ4v) is 2.43. The highest BCUT2D eigenvalue weighted by molar-refractivity contribution is 5.23. The molecular formula is C18H32N2. The highest BCUT2D eigenvalue weighted by Crippen LogP contribution is 2.12. The monoisotopic (exact) mass is 276 g/mol. The summed E-state index contributed by atoms with van der Waals surface area (Å²) in [5.41, 5.74) is 2.80. The van der Waals surface area contributed by atoms with E-state index < -0.39 is 0 Å². The van der Waals surface area contributed by atoms with E-state index in [4.69, 9.17) is 0 Å². The zero-order chi connectivity index (χ0) is 15.0. The number of hydrogen-bond acceptors (Lipinski definition) is 2. The van der Waals surface area contributed by atoms with E-state index in [-0.39, 0.29) is 0 Å². The first-order chi connectivity index (χ1) is 9.52. The summed E-state index contributed by atoms with van der Waals surface area (Å²) in [7, 11) is 2.23. The number of nitrogens with one attached hydrogen (secondary N) is 1. The molecule has 0 aliphatic carbocycles. The first-order valence-corrected chi connectivity index (χ1v) is 8.01. The number of benzene rings is 1. The smallest absolute Gasteiger partial charge is 0.0233 e. The standard InChI is InChI=1S/C18H32N2/c1-6-8-16(4)20(5)14-18-10-7-9-17(11-18)13-19-12-15(2)3/h7,9-11,15-16,19H,6,8,12-14H2,1-5H3. The summed E-state index contributed by atoms with van der Waals surface area (Å²) in [6, 6.07) is 9.62. The molecule has 0 radical (unpaired) electrons. The van der Waals surface area contributed by atoms with Crippen molar-refractivity contribution in [1.29, 1.82) is 0 Å². The Morgan fingerprint density at radius 2 is 1.85 bits per heavy atom. The van der Waals surface area contributed by atoms with E-state index in [1.54, 1.807) is 0 Å². The Morgan fingerprint density at radius 1 is 1.15 bits per heavy atom. The molecule has 1 rings (SSSR count). The Labute approximate surface area is 125 Å². The van der Waals surface area contributed by atoms with Crippen molar-refractivity contribution in [2.75, 3.05) is 13.6 Å². The van der Waals surface area contributed by atoms with Gasteiger partial charge in [-0.1, -0.05) is 51.5 Å². The molecule has 114 valence electrons. The molecule has 2 nitrogen and oxygen atoms in total. The van der Waals surface area contributed by atoms with Gasteiger partial charge in [0.1, 0.15) is 0 Å². The van der Waals surface area contributed by atoms with Crippen molar-refractivity contribution >= 4 is 0 Å². The maximum atomic E-state index is 3.51. The molecule has 0 amide bonds. The molecule has 1 N–H and O–H groups in total. The van der Waals surface area contributed by atoms with Crippen LogP contribution in [0.1, 0.15) is 51.7 Å². The van der Waals surface area contributed by atoms with E-state index in [9.17, 15) is 0 Å². The van der Waals surface area contributed by atoms with Crippen LogP contribution in [0.3, 0.4) is 0 Å². The molecule has 0 spiro atoms. The Kier molecular flexibility index (Phi) is 7.86. The van der Waals surface area contributed by atoms with Crippen LogP contribution in [0.25, 0.3) is 0 Å². The van der Waals surface area contributed by atoms with Gasteiger partial charge in [-0.2, -0.15) is 0 Å². The minimum absolute atomic E-state index is 0.655. The van der Waals surface area contributed by atoms with Crippen LogP contribution in [0.5, 0.6) is 0 Å². The average molecular weight is 276 g/mol. The predicted octanol–water partition coefficient (Wildman–Crippen LogP) is 4.05. The average Bonchev–Trinajstić information content (AvgIpc) is 2.39. The van der Waals surface area contributed by atoms with Crippen LogP contribution in [0.15, 0.2) is 24.3 Å². The highest BCUT2D eigenvalue weighted by Gasteiger charge is 2.08. The van der Waals surface area contributed by atoms with Crippen molar-refractivity contribution in [3.05, 3.63) is 35.4 Å². The van der Waals surface area contributed by atoms with Gasteiger partial charge in [-0.25, -0.2) is 0 Å². The SMILES string of the molecule is CCCC(C)N(C)Cc1cccc(CNCC(C)C)c1. The molecule has 1 aromatic rings. The zero-order valence-electron chi connectivity index (χ0n) is 13.9. The lowest BCUT2D eigenvalue weighted by atomic mass is 10.1. The normalized spacial score (nSPS) is 13.2. The van der Waals surface area contributed by atoms with Crippen molar-refractivity contribution in [3.63, 3.8) is 0 Å². The molecule has 0 aliphatic rings. The predicted molar refractivity (Wildman–Crippen MR) is 88.8 cm³/mol. The topological polar surface area (TPSA) is 15.3 Å². The van der Waals surface area contributed by atoms with Gasteiger partial charge in [-0.05, 0) is 44.0 Å². The summed E-state index contributed by atoms with van der Waals surface area (Å²) >= 11 is 0. The van der Waals surface area contributed by atoms with Gasteiger partial charge in [0.15, 0.2) is 0 Å². The lowest BCUT2D eigenvalue weighted by Crippen LogP contribution is -2.28. The second kappa shape index (κ2) is 9.15. The van der Waals surface area contributed by atoms with Gasteiger partial charge in [-0.15, -0.1) is 0 Å². The summed E-state index contributed by atoms with van der Waals surface area (Å²) < 4.78 is 0. The van der Waals surface area contributed by atoms with Crippen LogP contribution < -0.4 is 5.32 Å². The first-order valence-electron chi connectivity index (χ1n) is 8.01. The van der Waals surface area contributed by atoms with E-state index in [1.165, 1.54) is 24.0 Å². The fraction of sp³-hybridized carbons (Fsp3) is 0.667. The fourth-order valence-electron chi connectivity index (χ4n) is 2.43. The van der Waals surface area contributed by atoms with Crippen LogP contribution in [-0.4, -0.2) is 24.5 Å². The van der Waals surface area contributed by atoms with Gasteiger partial charge in [0, 0.05) is 19.1 Å². The van der Waals surface area contributed by atoms with E-state index in [1.807, 2.05) is 0 Å². The first kappa shape index (κ1) is 17.2. The summed E-state index contributed by atoms with van der Waals surface area (Å²) in [6.45, 7) is 12.2. The summed E-state index contributed by atoms with van der Waals surface area (Å²) in [6.07, 6.45) is 2.52. The molecule has 2 heteroatoms. The largest absolute Gasteiger partial charge is 0.312 e. The molecular weight excluding hydrogens is 244 g/mol. The molecule has 20 heavy (non-hydrogen) atoms. The molecule has 0 aromatic heterocycles. The third-order valence-electron chi connectivity index (χ3n) is 3.76. The van der Waals surface area contributed by atoms with Crippen molar-refractivity contribution in [2.24, 2.45) is 5.92 Å². The molecule has 0 fully saturated rings. The van der Waals surface area contributed by atoms with Crippen molar-refractivity contribution < 1.29 is 0 Å². The molecule has 0 saturated heterocycles. The summed E-state index contributed by atoms with van der Waals surface area (Å²) in [5, 5.41) is 3.51. The highest BCUT2D eigenvalue weighted by atomic mass is 15.1. The molecule has 1 unspecified atom stereocenters. The van der Waals surface area contributed by atoms with Crippen LogP contribution in [0, 0.1) is 5.92 Å². The van der Waals surface area contributed by atoms with E-state index in [2.05, 4.69) is 69.2 Å². The summed E-state index contributed by atoms with van der Waals surface area (Å²) in [4.78, 5) is 2.45. The molecule has 0 saturated carbocycles. The van der Waals surface area contributed by atoms with E-state index >= 15 is 0 Å². The molecule has 0 bridgehead atoms. The quantitative estimate of drug-likeness (QED) is 0.732. The second-order valence-corrected chi connectivity index (χ2v) is 6.40. The Hall–Kier alpha value is -0.860. The maximum absolute atomic E-state index is 3.51. The number of nitrogens with zero attached hydrogens (tertiary/aromatic N) is 1. The second-order valence-electron chi connectivity index (χ2n) is 6.40. The molecule has 0 heterocycles. The Balaban J connectivity index is 2.50. The van der Waals surface area contributed by atoms with Gasteiger partial charge < -0.3 is 5.32 Å². The van der Waals surface area contributed by atoms with Crippen LogP contribution >= 0.6 is 0 Å². The molecule has 0 aliphatic heterocycles. The zero-order valence-corrected chi connectivity index (χ0v) is 13.9. The van der Waals surface area contributed by atoms with Crippen LogP contribution in [0.2, 0.25) is 0 Å². The van der Waals surface area contributed by atoms with Gasteiger partial charge >= 0.3 is 0 Å². The number of rotatable bonds is 9. The van der Waals surface area contributed by atoms with Crippen molar-refractivity contribution in [2.45, 2.75) is 59.7 Å². The van der Waals surface area contributed by atoms with Gasteiger partial charge in [-0.3, -0.25) is 4.90 Å². The lowest BCUT2D eigenvalue weighted by Gasteiger charge is -2.24. The third-order valence-corrected chi connectivity index (χ3v) is 3.76. The van der Waals surface area contributed by atoms with Crippen molar-refractivity contribution in [3.8, 4) is 0 Å². The van der Waals surface area contributed by atoms with Crippen LogP contribution in [0.4, 0.5) is 0 Å². The van der Waals surface area contributed by atoms with Gasteiger partial charge in [0.05, 0.1) is 0 Å². The minimum atomic E-state index is 0.655.